The first-order chi connectivity index (χ1) is 10.3. The van der Waals surface area contributed by atoms with E-state index in [2.05, 4.69) is 25.4 Å². The molecule has 2 heterocycles. The van der Waals surface area contributed by atoms with Crippen molar-refractivity contribution in [3.63, 3.8) is 0 Å². The molecule has 3 fully saturated rings. The summed E-state index contributed by atoms with van der Waals surface area (Å²) in [7, 11) is 0. The summed E-state index contributed by atoms with van der Waals surface area (Å²) in [6.07, 6.45) is 10.3. The Balaban J connectivity index is 0.000000960. The molecule has 2 N–H and O–H groups in total. The molecule has 3 atom stereocenters. The molecule has 2 saturated carbocycles. The molecular formula is C15H25Cl2N5O. The van der Waals surface area contributed by atoms with Gasteiger partial charge in [0, 0.05) is 12.1 Å². The summed E-state index contributed by atoms with van der Waals surface area (Å²) in [5.74, 6) is 1.70. The molecular weight excluding hydrogens is 337 g/mol. The van der Waals surface area contributed by atoms with Crippen molar-refractivity contribution in [2.45, 2.75) is 69.6 Å². The fourth-order valence-corrected chi connectivity index (χ4v) is 3.86. The van der Waals surface area contributed by atoms with Crippen LogP contribution in [0.1, 0.15) is 56.8 Å². The van der Waals surface area contributed by atoms with Crippen LogP contribution in [0.4, 0.5) is 0 Å². The van der Waals surface area contributed by atoms with Crippen molar-refractivity contribution >= 4 is 30.7 Å². The van der Waals surface area contributed by atoms with E-state index >= 15 is 0 Å². The highest BCUT2D eigenvalue weighted by Gasteiger charge is 2.38. The van der Waals surface area contributed by atoms with Gasteiger partial charge in [0.15, 0.2) is 5.82 Å². The first kappa shape index (κ1) is 18.5. The number of hydrogen-bond donors (Lipinski definition) is 2. The number of carbonyl (C=O) groups is 1. The number of nitrogens with zero attached hydrogens (tertiary/aromatic N) is 3. The molecule has 3 aliphatic rings. The third-order valence-corrected chi connectivity index (χ3v) is 5.19. The van der Waals surface area contributed by atoms with Crippen LogP contribution in [-0.2, 0) is 11.3 Å². The average Bonchev–Trinajstić information content (AvgIpc) is 3.09. The summed E-state index contributed by atoms with van der Waals surface area (Å²) in [6, 6.07) is 1.10. The van der Waals surface area contributed by atoms with Crippen LogP contribution in [-0.4, -0.2) is 32.8 Å². The maximum absolute atomic E-state index is 12.3. The number of nitrogens with one attached hydrogen (secondary N) is 2. The molecule has 4 rings (SSSR count). The molecule has 6 nitrogen and oxygen atoms in total. The zero-order chi connectivity index (χ0) is 14.2. The molecule has 0 aromatic carbocycles. The summed E-state index contributed by atoms with van der Waals surface area (Å²) >= 11 is 0. The average molecular weight is 362 g/mol. The minimum Gasteiger partial charge on any atom is -0.347 e. The molecule has 0 bridgehead atoms. The predicted molar refractivity (Wildman–Crippen MR) is 91.9 cm³/mol. The van der Waals surface area contributed by atoms with E-state index in [1.165, 1.54) is 38.5 Å². The normalized spacial score (nSPS) is 29.1. The number of carbonyl (C=O) groups excluding carboxylic acids is 1. The quantitative estimate of drug-likeness (QED) is 0.859. The molecule has 8 heteroatoms. The highest BCUT2D eigenvalue weighted by Crippen LogP contribution is 2.35. The molecule has 1 aromatic heterocycles. The monoisotopic (exact) mass is 361 g/mol. The van der Waals surface area contributed by atoms with Crippen molar-refractivity contribution in [3.8, 4) is 0 Å². The maximum Gasteiger partial charge on any atom is 0.237 e. The number of hydrogen-bond acceptors (Lipinski definition) is 4. The second kappa shape index (κ2) is 7.81. The van der Waals surface area contributed by atoms with E-state index in [1.54, 1.807) is 6.33 Å². The first-order valence-electron chi connectivity index (χ1n) is 8.23. The predicted octanol–water partition coefficient (Wildman–Crippen LogP) is 1.99. The Kier molecular flexibility index (Phi) is 6.28. The highest BCUT2D eigenvalue weighted by atomic mass is 35.5. The van der Waals surface area contributed by atoms with Crippen molar-refractivity contribution in [2.75, 3.05) is 0 Å². The minimum absolute atomic E-state index is 0. The highest BCUT2D eigenvalue weighted by molar-refractivity contribution is 5.85. The summed E-state index contributed by atoms with van der Waals surface area (Å²) in [5, 5.41) is 14.6. The Morgan fingerprint density at radius 1 is 1.26 bits per heavy atom. The Morgan fingerprint density at radius 2 is 2.04 bits per heavy atom. The van der Waals surface area contributed by atoms with Gasteiger partial charge in [-0.05, 0) is 38.0 Å². The van der Waals surface area contributed by atoms with E-state index in [0.717, 1.165) is 12.2 Å². The number of amides is 1. The zero-order valence-corrected chi connectivity index (χ0v) is 14.7. The summed E-state index contributed by atoms with van der Waals surface area (Å²) in [6.45, 7) is 0.489. The SMILES string of the molecule is Cl.Cl.O=C(NCc1nncn1C1CC1)C1CC2CCCCC2N1. The summed E-state index contributed by atoms with van der Waals surface area (Å²) in [5.41, 5.74) is 0. The van der Waals surface area contributed by atoms with Gasteiger partial charge < -0.3 is 15.2 Å². The lowest BCUT2D eigenvalue weighted by atomic mass is 9.85. The van der Waals surface area contributed by atoms with Crippen LogP contribution in [0.2, 0.25) is 0 Å². The second-order valence-corrected chi connectivity index (χ2v) is 6.71. The van der Waals surface area contributed by atoms with Crippen LogP contribution in [0.3, 0.4) is 0 Å². The van der Waals surface area contributed by atoms with Gasteiger partial charge >= 0.3 is 0 Å². The molecule has 0 spiro atoms. The van der Waals surface area contributed by atoms with Gasteiger partial charge in [0.25, 0.3) is 0 Å². The standard InChI is InChI=1S/C15H23N5O.2ClH/c21-15(13-7-10-3-1-2-4-12(10)18-13)16-8-14-19-17-9-20(14)11-5-6-11;;/h9-13,18H,1-8H2,(H,16,21);2*1H. The Hall–Kier alpha value is -0.850. The number of fused-ring (bicyclic) bond motifs is 1. The van der Waals surface area contributed by atoms with Crippen LogP contribution in [0.25, 0.3) is 0 Å². The van der Waals surface area contributed by atoms with Crippen molar-refractivity contribution < 1.29 is 4.79 Å². The lowest BCUT2D eigenvalue weighted by Crippen LogP contribution is -2.43. The summed E-state index contributed by atoms with van der Waals surface area (Å²) in [4.78, 5) is 12.3. The lowest BCUT2D eigenvalue weighted by Gasteiger charge is -2.24. The number of halogens is 2. The molecule has 0 radical (unpaired) electrons. The Morgan fingerprint density at radius 3 is 2.78 bits per heavy atom. The van der Waals surface area contributed by atoms with Gasteiger partial charge in [0.2, 0.25) is 5.91 Å². The Labute approximate surface area is 149 Å². The third-order valence-electron chi connectivity index (χ3n) is 5.19. The third kappa shape index (κ3) is 3.98. The van der Waals surface area contributed by atoms with Crippen molar-refractivity contribution in [1.82, 2.24) is 25.4 Å². The fraction of sp³-hybridized carbons (Fsp3) is 0.800. The number of aromatic nitrogens is 3. The van der Waals surface area contributed by atoms with E-state index in [4.69, 9.17) is 0 Å². The molecule has 1 aliphatic heterocycles. The molecule has 1 saturated heterocycles. The molecule has 3 unspecified atom stereocenters. The maximum atomic E-state index is 12.3. The van der Waals surface area contributed by atoms with Crippen LogP contribution in [0.15, 0.2) is 6.33 Å². The van der Waals surface area contributed by atoms with Crippen molar-refractivity contribution in [3.05, 3.63) is 12.2 Å². The molecule has 2 aliphatic carbocycles. The van der Waals surface area contributed by atoms with E-state index in [-0.39, 0.29) is 36.8 Å². The first-order valence-corrected chi connectivity index (χ1v) is 8.23. The topological polar surface area (TPSA) is 71.8 Å². The van der Waals surface area contributed by atoms with Crippen LogP contribution in [0, 0.1) is 5.92 Å². The lowest BCUT2D eigenvalue weighted by molar-refractivity contribution is -0.123. The van der Waals surface area contributed by atoms with Gasteiger partial charge in [0.05, 0.1) is 12.6 Å². The van der Waals surface area contributed by atoms with Crippen LogP contribution >= 0.6 is 24.8 Å². The summed E-state index contributed by atoms with van der Waals surface area (Å²) < 4.78 is 2.10. The molecule has 130 valence electrons. The molecule has 1 amide bonds. The van der Waals surface area contributed by atoms with Crippen LogP contribution < -0.4 is 10.6 Å². The van der Waals surface area contributed by atoms with E-state index in [1.807, 2.05) is 0 Å². The molecule has 23 heavy (non-hydrogen) atoms. The minimum atomic E-state index is -0.0182. The van der Waals surface area contributed by atoms with Crippen LogP contribution in [0.5, 0.6) is 0 Å². The van der Waals surface area contributed by atoms with Gasteiger partial charge in [-0.3, -0.25) is 4.79 Å². The van der Waals surface area contributed by atoms with Crippen molar-refractivity contribution in [2.24, 2.45) is 5.92 Å². The smallest absolute Gasteiger partial charge is 0.237 e. The largest absolute Gasteiger partial charge is 0.347 e. The van der Waals surface area contributed by atoms with E-state index < -0.39 is 0 Å². The van der Waals surface area contributed by atoms with E-state index in [9.17, 15) is 4.79 Å². The Bertz CT molecular complexity index is 520. The van der Waals surface area contributed by atoms with Gasteiger partial charge in [0.1, 0.15) is 6.33 Å². The van der Waals surface area contributed by atoms with Gasteiger partial charge in [-0.15, -0.1) is 35.0 Å². The number of rotatable bonds is 4. The van der Waals surface area contributed by atoms with Gasteiger partial charge in [-0.25, -0.2) is 0 Å². The zero-order valence-electron chi connectivity index (χ0n) is 13.1. The second-order valence-electron chi connectivity index (χ2n) is 6.71. The fourth-order valence-electron chi connectivity index (χ4n) is 3.86. The van der Waals surface area contributed by atoms with Gasteiger partial charge in [-0.1, -0.05) is 12.8 Å². The molecule has 1 aromatic rings. The van der Waals surface area contributed by atoms with Gasteiger partial charge in [-0.2, -0.15) is 0 Å². The van der Waals surface area contributed by atoms with E-state index in [0.29, 0.717) is 24.5 Å². The van der Waals surface area contributed by atoms with Crippen molar-refractivity contribution in [1.29, 1.82) is 0 Å².